The Kier molecular flexibility index (Phi) is 7.12. The van der Waals surface area contributed by atoms with E-state index in [9.17, 15) is 0 Å². The SMILES string of the molecule is CC(C)(C)N1CCN(C(C)(C)C)[Si]1(Br)[Si]1(c2ccccc2)N(C(C)(C)C)CCN1C(C)(C)C. The summed E-state index contributed by atoms with van der Waals surface area (Å²) in [5.41, 5.74) is 0.317. The summed E-state index contributed by atoms with van der Waals surface area (Å²) in [6.07, 6.45) is 0. The number of hydrogen-bond donors (Lipinski definition) is 0. The van der Waals surface area contributed by atoms with Crippen molar-refractivity contribution in [2.75, 3.05) is 26.2 Å². The van der Waals surface area contributed by atoms with Gasteiger partial charge in [-0.1, -0.05) is 45.6 Å². The Balaban J connectivity index is 2.51. The molecule has 0 saturated carbocycles. The van der Waals surface area contributed by atoms with Crippen LogP contribution in [0, 0.1) is 0 Å². The van der Waals surface area contributed by atoms with Crippen molar-refractivity contribution >= 4 is 34.9 Å². The fourth-order valence-electron chi connectivity index (χ4n) is 6.40. The first kappa shape index (κ1) is 27.6. The van der Waals surface area contributed by atoms with E-state index in [1.807, 2.05) is 0 Å². The van der Waals surface area contributed by atoms with Crippen LogP contribution in [0.4, 0.5) is 0 Å². The minimum Gasteiger partial charge on any atom is -0.302 e. The van der Waals surface area contributed by atoms with E-state index in [2.05, 4.69) is 132 Å². The Labute approximate surface area is 214 Å². The molecule has 0 atom stereocenters. The van der Waals surface area contributed by atoms with Crippen molar-refractivity contribution in [1.82, 2.24) is 18.3 Å². The van der Waals surface area contributed by atoms with Gasteiger partial charge in [0.1, 0.15) is 0 Å². The molecule has 7 heteroatoms. The Morgan fingerprint density at radius 2 is 0.848 bits per heavy atom. The lowest BCUT2D eigenvalue weighted by atomic mass is 10.1. The predicted octanol–water partition coefficient (Wildman–Crippen LogP) is 5.18. The number of rotatable bonds is 2. The summed E-state index contributed by atoms with van der Waals surface area (Å²) in [6, 6.07) is 11.6. The van der Waals surface area contributed by atoms with Gasteiger partial charge in [-0.15, -0.1) is 0 Å². The first-order valence-electron chi connectivity index (χ1n) is 12.7. The second-order valence-electron chi connectivity index (χ2n) is 13.9. The van der Waals surface area contributed by atoms with Crippen LogP contribution in [-0.4, -0.2) is 81.0 Å². The van der Waals surface area contributed by atoms with E-state index in [0.29, 0.717) is 0 Å². The quantitative estimate of drug-likeness (QED) is 0.370. The minimum absolute atomic E-state index is 0.0749. The molecule has 33 heavy (non-hydrogen) atoms. The maximum atomic E-state index is 4.81. The molecule has 0 radical (unpaired) electrons. The van der Waals surface area contributed by atoms with Crippen LogP contribution in [0.5, 0.6) is 0 Å². The van der Waals surface area contributed by atoms with Gasteiger partial charge in [-0.3, -0.25) is 9.13 Å². The van der Waals surface area contributed by atoms with Gasteiger partial charge in [0.25, 0.3) is 7.91 Å². The largest absolute Gasteiger partial charge is 0.306 e. The van der Waals surface area contributed by atoms with Crippen molar-refractivity contribution in [2.45, 2.75) is 105 Å². The van der Waals surface area contributed by atoms with Crippen molar-refractivity contribution in [3.63, 3.8) is 0 Å². The molecule has 0 aromatic heterocycles. The van der Waals surface area contributed by atoms with Crippen LogP contribution >= 0.6 is 15.3 Å². The molecular formula is C26H49BrN4Si2. The summed E-state index contributed by atoms with van der Waals surface area (Å²) in [5, 5.41) is 1.56. The molecule has 2 aliphatic rings. The third kappa shape index (κ3) is 4.38. The van der Waals surface area contributed by atoms with Crippen molar-refractivity contribution < 1.29 is 0 Å². The average Bonchev–Trinajstić information content (AvgIpc) is 3.21. The third-order valence-electron chi connectivity index (χ3n) is 7.45. The molecule has 188 valence electrons. The zero-order valence-electron chi connectivity index (χ0n) is 23.4. The molecule has 4 nitrogen and oxygen atoms in total. The fraction of sp³-hybridized carbons (Fsp3) is 0.769. The highest BCUT2D eigenvalue weighted by atomic mass is 79.9. The van der Waals surface area contributed by atoms with Crippen LogP contribution in [0.15, 0.2) is 30.3 Å². The monoisotopic (exact) mass is 552 g/mol. The van der Waals surface area contributed by atoms with Crippen LogP contribution in [-0.2, 0) is 0 Å². The van der Waals surface area contributed by atoms with Crippen molar-refractivity contribution in [3.8, 4) is 0 Å². The normalized spacial score (nSPS) is 24.0. The Morgan fingerprint density at radius 1 is 0.545 bits per heavy atom. The molecule has 3 rings (SSSR count). The van der Waals surface area contributed by atoms with Gasteiger partial charge in [-0.2, -0.15) is 0 Å². The minimum atomic E-state index is -2.50. The summed E-state index contributed by atoms with van der Waals surface area (Å²) in [5.74, 6) is 0. The van der Waals surface area contributed by atoms with Gasteiger partial charge < -0.3 is 9.13 Å². The Hall–Kier alpha value is -0.0262. The van der Waals surface area contributed by atoms with E-state index >= 15 is 0 Å². The number of hydrogen-bond acceptors (Lipinski definition) is 4. The summed E-state index contributed by atoms with van der Waals surface area (Å²) < 4.78 is 11.8. The van der Waals surface area contributed by atoms with E-state index in [1.54, 1.807) is 5.19 Å². The molecule has 0 unspecified atom stereocenters. The topological polar surface area (TPSA) is 13.0 Å². The van der Waals surface area contributed by atoms with Gasteiger partial charge in [-0.05, 0) is 88.3 Å². The summed E-state index contributed by atoms with van der Waals surface area (Å²) in [6.45, 7) is 31.2. The van der Waals surface area contributed by atoms with Gasteiger partial charge in [0.05, 0.1) is 0 Å². The second kappa shape index (κ2) is 8.53. The van der Waals surface area contributed by atoms with Crippen LogP contribution in [0.1, 0.15) is 83.1 Å². The third-order valence-corrected chi connectivity index (χ3v) is 30.4. The molecule has 2 aliphatic heterocycles. The van der Waals surface area contributed by atoms with Gasteiger partial charge >= 0.3 is 6.53 Å². The highest BCUT2D eigenvalue weighted by Gasteiger charge is 2.77. The maximum absolute atomic E-state index is 4.81. The van der Waals surface area contributed by atoms with Crippen LogP contribution in [0.25, 0.3) is 0 Å². The Morgan fingerprint density at radius 3 is 1.15 bits per heavy atom. The first-order chi connectivity index (χ1) is 14.8. The average molecular weight is 554 g/mol. The number of nitrogens with zero attached hydrogens (tertiary/aromatic N) is 4. The lowest BCUT2D eigenvalue weighted by molar-refractivity contribution is 0.238. The zero-order chi connectivity index (χ0) is 25.3. The summed E-state index contributed by atoms with van der Waals surface area (Å²) in [7, 11) is -2.50. The number of halogens is 1. The summed E-state index contributed by atoms with van der Waals surface area (Å²) >= 11 is 4.81. The van der Waals surface area contributed by atoms with Crippen molar-refractivity contribution in [2.24, 2.45) is 0 Å². The lowest BCUT2D eigenvalue weighted by Crippen LogP contribution is -2.92. The van der Waals surface area contributed by atoms with Gasteiger partial charge in [0.2, 0.25) is 0 Å². The Bertz CT molecular complexity index is 789. The predicted molar refractivity (Wildman–Crippen MR) is 152 cm³/mol. The van der Waals surface area contributed by atoms with E-state index < -0.39 is 14.4 Å². The van der Waals surface area contributed by atoms with Crippen LogP contribution < -0.4 is 5.19 Å². The molecule has 2 saturated heterocycles. The van der Waals surface area contributed by atoms with Crippen molar-refractivity contribution in [3.05, 3.63) is 30.3 Å². The van der Waals surface area contributed by atoms with E-state index in [1.165, 1.54) is 0 Å². The van der Waals surface area contributed by atoms with Crippen molar-refractivity contribution in [1.29, 1.82) is 0 Å². The maximum Gasteiger partial charge on any atom is 0.306 e. The zero-order valence-corrected chi connectivity index (χ0v) is 27.0. The van der Waals surface area contributed by atoms with Gasteiger partial charge in [0, 0.05) is 48.3 Å². The highest BCUT2D eigenvalue weighted by molar-refractivity contribution is 9.27. The molecular weight excluding hydrogens is 504 g/mol. The molecule has 1 aromatic carbocycles. The van der Waals surface area contributed by atoms with E-state index in [0.717, 1.165) is 26.2 Å². The van der Waals surface area contributed by atoms with Crippen LogP contribution in [0.3, 0.4) is 0 Å². The lowest BCUT2D eigenvalue weighted by Gasteiger charge is -2.62. The van der Waals surface area contributed by atoms with E-state index in [4.69, 9.17) is 15.3 Å². The van der Waals surface area contributed by atoms with Gasteiger partial charge in [0.15, 0.2) is 0 Å². The highest BCUT2D eigenvalue weighted by Crippen LogP contribution is 2.50. The summed E-state index contributed by atoms with van der Waals surface area (Å²) in [4.78, 5) is 0. The molecule has 2 fully saturated rings. The second-order valence-corrected chi connectivity index (χ2v) is 28.9. The molecule has 0 bridgehead atoms. The molecule has 0 amide bonds. The number of benzene rings is 1. The molecule has 0 aliphatic carbocycles. The molecule has 1 aromatic rings. The molecule has 0 N–H and O–H groups in total. The van der Waals surface area contributed by atoms with Gasteiger partial charge in [-0.25, -0.2) is 0 Å². The fourth-order valence-corrected chi connectivity index (χ4v) is 36.9. The standard InChI is InChI=1S/C26H49BrN4Si2/c1-23(2,3)28-18-19-29(24(4,5)6)32(28,22-16-14-13-15-17-22)33(27)30(25(7,8)9)20-21-31(33)26(10,11)12/h13-17H,18-21H2,1-12H3. The van der Waals surface area contributed by atoms with E-state index in [-0.39, 0.29) is 22.2 Å². The van der Waals surface area contributed by atoms with Crippen LogP contribution in [0.2, 0.25) is 0 Å². The first-order valence-corrected chi connectivity index (χ1v) is 19.7. The smallest absolute Gasteiger partial charge is 0.302 e. The molecule has 0 spiro atoms. The molecule has 2 heterocycles.